The van der Waals surface area contributed by atoms with E-state index in [1.165, 1.54) is 4.91 Å². The predicted octanol–water partition coefficient (Wildman–Crippen LogP) is 4.47. The Balaban J connectivity index is -0.0000000400. The fourth-order valence-electron chi connectivity index (χ4n) is 0.496. The Hall–Kier alpha value is 1.72. The first-order chi connectivity index (χ1) is 5.72. The fourth-order valence-corrected chi connectivity index (χ4v) is 1.10. The van der Waals surface area contributed by atoms with Crippen molar-refractivity contribution in [3.8, 4) is 0 Å². The van der Waals surface area contributed by atoms with E-state index in [1.54, 1.807) is 18.0 Å². The van der Waals surface area contributed by atoms with E-state index in [9.17, 15) is 0 Å². The first kappa shape index (κ1) is 29.6. The maximum Gasteiger partial charge on any atom is 0.00371 e. The van der Waals surface area contributed by atoms with Crippen LogP contribution in [0.4, 0.5) is 0 Å². The second-order valence-electron chi connectivity index (χ2n) is 1.93. The Kier molecular flexibility index (Phi) is 62.1. The zero-order chi connectivity index (χ0) is 10.6. The average molecular weight is 408 g/mol. The third kappa shape index (κ3) is 23.5. The summed E-state index contributed by atoms with van der Waals surface area (Å²) in [5.41, 5.74) is 5.30. The van der Waals surface area contributed by atoms with Gasteiger partial charge in [-0.2, -0.15) is 0 Å². The summed E-state index contributed by atoms with van der Waals surface area (Å²) in [6.07, 6.45) is 3.72. The molecule has 0 rings (SSSR count). The van der Waals surface area contributed by atoms with E-state index in [-0.39, 0.29) is 56.7 Å². The van der Waals surface area contributed by atoms with E-state index < -0.39 is 0 Å². The number of allylic oxidation sites excluding steroid dienone is 1. The number of hydrogen-bond donors (Lipinski definition) is 1. The van der Waals surface area contributed by atoms with Gasteiger partial charge in [-0.05, 0) is 12.2 Å². The molecule has 0 atom stereocenters. The molecule has 0 saturated carbocycles. The maximum absolute atomic E-state index is 5.30. The van der Waals surface area contributed by atoms with Gasteiger partial charge in [0.1, 0.15) is 0 Å². The molecule has 2 N–H and O–H groups in total. The van der Waals surface area contributed by atoms with Crippen molar-refractivity contribution in [2.24, 2.45) is 11.7 Å². The van der Waals surface area contributed by atoms with Gasteiger partial charge >= 0.3 is 0 Å². The van der Waals surface area contributed by atoms with E-state index in [2.05, 4.69) is 13.8 Å². The van der Waals surface area contributed by atoms with Crippen molar-refractivity contribution in [3.63, 3.8) is 0 Å². The summed E-state index contributed by atoms with van der Waals surface area (Å²) < 4.78 is 0. The van der Waals surface area contributed by atoms with Crippen LogP contribution in [0.5, 0.6) is 0 Å². The quantitative estimate of drug-likeness (QED) is 0.683. The Bertz CT molecular complexity index is 98.1. The van der Waals surface area contributed by atoms with Crippen molar-refractivity contribution in [1.82, 2.24) is 0 Å². The number of nitrogens with two attached hydrogens (primary N) is 1. The van der Waals surface area contributed by atoms with Gasteiger partial charge in [0.2, 0.25) is 0 Å². The standard InChI is InChI=1S/C6H13NS.2C2H6.HI.Y/c1-5(2)6(4-7)8-3;2*1-2;;/h4-5H,7H2,1-3H3;2*1-2H3;1H;/b6-4-;;;;. The predicted molar refractivity (Wildman–Crippen MR) is 78.7 cm³/mol. The molecule has 1 nitrogen and oxygen atoms in total. The monoisotopic (exact) mass is 408 g/mol. The minimum absolute atomic E-state index is 0. The molecule has 4 heteroatoms. The topological polar surface area (TPSA) is 26.0 Å². The van der Waals surface area contributed by atoms with Crippen LogP contribution in [0, 0.1) is 5.92 Å². The summed E-state index contributed by atoms with van der Waals surface area (Å²) in [5, 5.41) is 0. The van der Waals surface area contributed by atoms with Crippen molar-refractivity contribution in [2.45, 2.75) is 41.5 Å². The molecule has 0 aromatic rings. The summed E-state index contributed by atoms with van der Waals surface area (Å²) in [7, 11) is 0. The van der Waals surface area contributed by atoms with Gasteiger partial charge in [0.05, 0.1) is 0 Å². The molecule has 0 aliphatic heterocycles. The SMILES string of the molecule is CC.CC.CS/C(=C\N)C(C)C.I.[Y]. The molecule has 0 aromatic carbocycles. The van der Waals surface area contributed by atoms with Gasteiger partial charge in [-0.3, -0.25) is 0 Å². The van der Waals surface area contributed by atoms with Crippen LogP contribution in [0.3, 0.4) is 0 Å². The smallest absolute Gasteiger partial charge is 0.00371 e. The van der Waals surface area contributed by atoms with Gasteiger partial charge in [0, 0.05) is 43.8 Å². The molecule has 0 bridgehead atoms. The van der Waals surface area contributed by atoms with Crippen LogP contribution in [-0.4, -0.2) is 6.26 Å². The molecular formula is C10H26INSY. The Morgan fingerprint density at radius 3 is 1.43 bits per heavy atom. The van der Waals surface area contributed by atoms with Crippen LogP contribution >= 0.6 is 35.7 Å². The molecule has 1 radical (unpaired) electrons. The Morgan fingerprint density at radius 1 is 1.14 bits per heavy atom. The normalized spacial score (nSPS) is 8.14. The molecule has 0 heterocycles. The minimum atomic E-state index is 0. The van der Waals surface area contributed by atoms with Crippen LogP contribution < -0.4 is 5.73 Å². The molecule has 0 spiro atoms. The zero-order valence-corrected chi connectivity index (χ0v) is 16.6. The van der Waals surface area contributed by atoms with Crippen LogP contribution in [0.2, 0.25) is 0 Å². The van der Waals surface area contributed by atoms with Crippen LogP contribution in [0.25, 0.3) is 0 Å². The van der Waals surface area contributed by atoms with Gasteiger partial charge in [0.25, 0.3) is 0 Å². The molecular weight excluding hydrogens is 382 g/mol. The van der Waals surface area contributed by atoms with Gasteiger partial charge in [-0.15, -0.1) is 35.7 Å². The summed E-state index contributed by atoms with van der Waals surface area (Å²) in [6.45, 7) is 12.3. The second kappa shape index (κ2) is 29.3. The van der Waals surface area contributed by atoms with Gasteiger partial charge in [-0.1, -0.05) is 41.5 Å². The van der Waals surface area contributed by atoms with Gasteiger partial charge in [0.15, 0.2) is 0 Å². The summed E-state index contributed by atoms with van der Waals surface area (Å²) in [4.78, 5) is 1.25. The zero-order valence-electron chi connectivity index (χ0n) is 10.6. The number of rotatable bonds is 2. The molecule has 0 aromatic heterocycles. The van der Waals surface area contributed by atoms with E-state index in [0.717, 1.165) is 0 Å². The van der Waals surface area contributed by atoms with Crippen LogP contribution in [0.15, 0.2) is 11.1 Å². The van der Waals surface area contributed by atoms with Gasteiger partial charge in [-0.25, -0.2) is 0 Å². The third-order valence-corrected chi connectivity index (χ3v) is 2.05. The van der Waals surface area contributed by atoms with Crippen molar-refractivity contribution in [2.75, 3.05) is 6.26 Å². The van der Waals surface area contributed by atoms with Crippen molar-refractivity contribution in [1.29, 1.82) is 0 Å². The number of halogens is 1. The van der Waals surface area contributed by atoms with E-state index in [4.69, 9.17) is 5.73 Å². The molecule has 0 fully saturated rings. The van der Waals surface area contributed by atoms with Crippen LogP contribution in [0.1, 0.15) is 41.5 Å². The molecule has 0 unspecified atom stereocenters. The third-order valence-electron chi connectivity index (χ3n) is 0.969. The molecule has 87 valence electrons. The fraction of sp³-hybridized carbons (Fsp3) is 0.800. The molecule has 0 aliphatic carbocycles. The minimum Gasteiger partial charge on any atom is -0.404 e. The van der Waals surface area contributed by atoms with Crippen LogP contribution in [-0.2, 0) is 32.7 Å². The number of hydrogen-bond acceptors (Lipinski definition) is 2. The van der Waals surface area contributed by atoms with Crippen molar-refractivity contribution in [3.05, 3.63) is 11.1 Å². The Morgan fingerprint density at radius 2 is 1.43 bits per heavy atom. The summed E-state index contributed by atoms with van der Waals surface area (Å²) in [5.74, 6) is 0.579. The van der Waals surface area contributed by atoms with E-state index in [1.807, 2.05) is 34.0 Å². The number of thioether (sulfide) groups is 1. The van der Waals surface area contributed by atoms with Gasteiger partial charge < -0.3 is 5.73 Å². The maximum atomic E-state index is 5.30. The largest absolute Gasteiger partial charge is 0.404 e. The van der Waals surface area contributed by atoms with Crippen molar-refractivity contribution < 1.29 is 32.7 Å². The molecule has 0 saturated heterocycles. The average Bonchev–Trinajstić information content (AvgIpc) is 2.13. The van der Waals surface area contributed by atoms with E-state index in [0.29, 0.717) is 5.92 Å². The Labute approximate surface area is 137 Å². The first-order valence-electron chi connectivity index (χ1n) is 4.68. The summed E-state index contributed by atoms with van der Waals surface area (Å²) >= 11 is 1.71. The van der Waals surface area contributed by atoms with Crippen molar-refractivity contribution >= 4 is 35.7 Å². The summed E-state index contributed by atoms with van der Waals surface area (Å²) in [6, 6.07) is 0. The molecule has 0 amide bonds. The first-order valence-corrected chi connectivity index (χ1v) is 5.90. The van der Waals surface area contributed by atoms with E-state index >= 15 is 0 Å². The second-order valence-corrected chi connectivity index (χ2v) is 2.81. The molecule has 14 heavy (non-hydrogen) atoms. The molecule has 0 aliphatic rings.